The van der Waals surface area contributed by atoms with Crippen molar-refractivity contribution in [3.8, 4) is 0 Å². The van der Waals surface area contributed by atoms with Crippen molar-refractivity contribution < 1.29 is 0 Å². The maximum atomic E-state index is 2.67. The van der Waals surface area contributed by atoms with Crippen molar-refractivity contribution in [2.75, 3.05) is 19.6 Å². The first kappa shape index (κ1) is 12.4. The van der Waals surface area contributed by atoms with E-state index in [1.165, 1.54) is 44.3 Å². The van der Waals surface area contributed by atoms with Crippen LogP contribution in [0.4, 0.5) is 0 Å². The molecule has 1 nitrogen and oxygen atoms in total. The molecule has 1 aromatic rings. The van der Waals surface area contributed by atoms with Gasteiger partial charge in [-0.1, -0.05) is 48.6 Å². The molecule has 0 aromatic heterocycles. The third kappa shape index (κ3) is 2.14. The van der Waals surface area contributed by atoms with E-state index in [1.807, 2.05) is 0 Å². The molecular weight excluding hydrogens is 242 g/mol. The van der Waals surface area contributed by atoms with Crippen LogP contribution in [0.1, 0.15) is 31.2 Å². The number of hydrogen-bond donors (Lipinski definition) is 0. The average molecular weight is 265 g/mol. The molecule has 1 heterocycles. The topological polar surface area (TPSA) is 3.24 Å². The minimum Gasteiger partial charge on any atom is -0.299 e. The maximum absolute atomic E-state index is 2.67. The van der Waals surface area contributed by atoms with E-state index in [0.29, 0.717) is 5.41 Å². The fraction of sp³-hybridized carbons (Fsp3) is 0.474. The highest BCUT2D eigenvalue weighted by Gasteiger charge is 2.57. The minimum atomic E-state index is 0.536. The summed E-state index contributed by atoms with van der Waals surface area (Å²) in [6, 6.07) is 11.2. The Kier molecular flexibility index (Phi) is 3.03. The van der Waals surface area contributed by atoms with Crippen LogP contribution in [0.25, 0.3) is 0 Å². The lowest BCUT2D eigenvalue weighted by molar-refractivity contribution is 0.223. The number of fused-ring (bicyclic) bond motifs is 1. The van der Waals surface area contributed by atoms with Gasteiger partial charge in [0.1, 0.15) is 0 Å². The van der Waals surface area contributed by atoms with E-state index < -0.39 is 0 Å². The Morgan fingerprint density at radius 1 is 1.15 bits per heavy atom. The first-order chi connectivity index (χ1) is 9.87. The molecule has 1 aliphatic heterocycles. The van der Waals surface area contributed by atoms with Crippen LogP contribution in [-0.4, -0.2) is 24.5 Å². The van der Waals surface area contributed by atoms with Crippen molar-refractivity contribution in [2.45, 2.75) is 31.1 Å². The summed E-state index contributed by atoms with van der Waals surface area (Å²) in [4.78, 5) is 2.67. The quantitative estimate of drug-likeness (QED) is 0.800. The molecule has 1 aromatic carbocycles. The molecule has 2 unspecified atom stereocenters. The molecule has 1 heteroatoms. The summed E-state index contributed by atoms with van der Waals surface area (Å²) in [5.74, 6) is 0.895. The van der Waals surface area contributed by atoms with E-state index >= 15 is 0 Å². The van der Waals surface area contributed by atoms with Crippen molar-refractivity contribution in [2.24, 2.45) is 5.92 Å². The van der Waals surface area contributed by atoms with Gasteiger partial charge in [-0.25, -0.2) is 0 Å². The van der Waals surface area contributed by atoms with Crippen LogP contribution < -0.4 is 0 Å². The molecule has 4 rings (SSSR count). The van der Waals surface area contributed by atoms with Gasteiger partial charge in [-0.15, -0.1) is 0 Å². The molecule has 2 aliphatic carbocycles. The molecule has 0 bridgehead atoms. The highest BCUT2D eigenvalue weighted by molar-refractivity contribution is 5.35. The summed E-state index contributed by atoms with van der Waals surface area (Å²) in [5.41, 5.74) is 3.65. The van der Waals surface area contributed by atoms with E-state index in [2.05, 4.69) is 53.5 Å². The van der Waals surface area contributed by atoms with Gasteiger partial charge in [-0.2, -0.15) is 0 Å². The second-order valence-electron chi connectivity index (χ2n) is 6.67. The average Bonchev–Trinajstić information content (AvgIpc) is 3.24. The zero-order chi connectivity index (χ0) is 13.4. The monoisotopic (exact) mass is 265 g/mol. The predicted octanol–water partition coefficient (Wildman–Crippen LogP) is 3.93. The smallest absolute Gasteiger partial charge is 0.0230 e. The van der Waals surface area contributed by atoms with E-state index in [0.717, 1.165) is 12.5 Å². The minimum absolute atomic E-state index is 0.536. The van der Waals surface area contributed by atoms with Crippen molar-refractivity contribution in [1.82, 2.24) is 4.90 Å². The van der Waals surface area contributed by atoms with Gasteiger partial charge in [-0.05, 0) is 49.3 Å². The fourth-order valence-corrected chi connectivity index (χ4v) is 4.14. The standard InChI is InChI=1S/C19H23N/c1-3-7-16(8-4-1)14-20-12-11-19(13-18(19)15-20)17-9-5-2-6-10-17/h2-3,5-10,18H,1,4,11-15H2. The third-order valence-electron chi connectivity index (χ3n) is 5.41. The Morgan fingerprint density at radius 2 is 2.05 bits per heavy atom. The third-order valence-corrected chi connectivity index (χ3v) is 5.41. The molecule has 1 saturated carbocycles. The van der Waals surface area contributed by atoms with Gasteiger partial charge in [0.05, 0.1) is 0 Å². The summed E-state index contributed by atoms with van der Waals surface area (Å²) in [6.45, 7) is 3.72. The molecule has 0 amide bonds. The molecule has 2 atom stereocenters. The first-order valence-corrected chi connectivity index (χ1v) is 8.00. The molecule has 1 saturated heterocycles. The number of piperidine rings is 1. The zero-order valence-electron chi connectivity index (χ0n) is 12.1. The van der Waals surface area contributed by atoms with Crippen LogP contribution in [0.3, 0.4) is 0 Å². The Balaban J connectivity index is 1.41. The molecule has 0 spiro atoms. The Hall–Kier alpha value is -1.34. The van der Waals surface area contributed by atoms with Crippen molar-refractivity contribution in [3.63, 3.8) is 0 Å². The Bertz CT molecular complexity index is 542. The van der Waals surface area contributed by atoms with Crippen LogP contribution >= 0.6 is 0 Å². The lowest BCUT2D eigenvalue weighted by Gasteiger charge is -2.32. The van der Waals surface area contributed by atoms with Gasteiger partial charge >= 0.3 is 0 Å². The van der Waals surface area contributed by atoms with Crippen LogP contribution in [0, 0.1) is 5.92 Å². The van der Waals surface area contributed by atoms with Gasteiger partial charge in [0.15, 0.2) is 0 Å². The molecule has 20 heavy (non-hydrogen) atoms. The molecule has 2 fully saturated rings. The lowest BCUT2D eigenvalue weighted by atomic mass is 9.87. The van der Waals surface area contributed by atoms with E-state index in [9.17, 15) is 0 Å². The Labute approximate surface area is 122 Å². The first-order valence-electron chi connectivity index (χ1n) is 8.00. The molecule has 3 aliphatic rings. The normalized spacial score (nSPS) is 32.6. The highest BCUT2D eigenvalue weighted by Crippen LogP contribution is 2.59. The zero-order valence-corrected chi connectivity index (χ0v) is 12.1. The largest absolute Gasteiger partial charge is 0.299 e. The second-order valence-corrected chi connectivity index (χ2v) is 6.67. The predicted molar refractivity (Wildman–Crippen MR) is 83.7 cm³/mol. The molecule has 0 N–H and O–H groups in total. The number of rotatable bonds is 3. The number of likely N-dealkylation sites (tertiary alicyclic amines) is 1. The maximum Gasteiger partial charge on any atom is 0.0230 e. The fourth-order valence-electron chi connectivity index (χ4n) is 4.14. The van der Waals surface area contributed by atoms with Gasteiger partial charge in [-0.3, -0.25) is 4.90 Å². The summed E-state index contributed by atoms with van der Waals surface area (Å²) in [5, 5.41) is 0. The molecular formula is C19H23N. The van der Waals surface area contributed by atoms with E-state index in [1.54, 1.807) is 5.56 Å². The second kappa shape index (κ2) is 4.89. The number of allylic oxidation sites excluding steroid dienone is 2. The van der Waals surface area contributed by atoms with Gasteiger partial charge in [0.25, 0.3) is 0 Å². The van der Waals surface area contributed by atoms with Gasteiger partial charge < -0.3 is 0 Å². The molecule has 0 radical (unpaired) electrons. The SMILES string of the molecule is C1=CC(CN2CCC3(c4ccccc4)CC3C2)=CCC1. The number of nitrogens with zero attached hydrogens (tertiary/aromatic N) is 1. The summed E-state index contributed by atoms with van der Waals surface area (Å²) < 4.78 is 0. The summed E-state index contributed by atoms with van der Waals surface area (Å²) in [7, 11) is 0. The van der Waals surface area contributed by atoms with Crippen LogP contribution in [0.15, 0.2) is 54.1 Å². The van der Waals surface area contributed by atoms with Crippen molar-refractivity contribution in [1.29, 1.82) is 0 Å². The lowest BCUT2D eigenvalue weighted by Crippen LogP contribution is -2.37. The van der Waals surface area contributed by atoms with E-state index in [-0.39, 0.29) is 0 Å². The highest BCUT2D eigenvalue weighted by atomic mass is 15.1. The van der Waals surface area contributed by atoms with Gasteiger partial charge in [0.2, 0.25) is 0 Å². The van der Waals surface area contributed by atoms with Crippen molar-refractivity contribution in [3.05, 3.63) is 59.7 Å². The number of hydrogen-bond acceptors (Lipinski definition) is 1. The molecule has 104 valence electrons. The van der Waals surface area contributed by atoms with Crippen LogP contribution in [0.2, 0.25) is 0 Å². The van der Waals surface area contributed by atoms with Gasteiger partial charge in [0, 0.05) is 18.5 Å². The summed E-state index contributed by atoms with van der Waals surface area (Å²) >= 11 is 0. The van der Waals surface area contributed by atoms with Crippen LogP contribution in [0.5, 0.6) is 0 Å². The van der Waals surface area contributed by atoms with E-state index in [4.69, 9.17) is 0 Å². The van der Waals surface area contributed by atoms with Crippen LogP contribution in [-0.2, 0) is 5.41 Å². The van der Waals surface area contributed by atoms with Crippen molar-refractivity contribution >= 4 is 0 Å². The Morgan fingerprint density at radius 3 is 2.80 bits per heavy atom. The number of benzene rings is 1. The summed E-state index contributed by atoms with van der Waals surface area (Å²) in [6.07, 6.45) is 12.3.